The van der Waals surface area contributed by atoms with E-state index in [1.54, 1.807) is 26.3 Å². The lowest BCUT2D eigenvalue weighted by Crippen LogP contribution is -2.48. The lowest BCUT2D eigenvalue weighted by atomic mass is 9.94. The maximum Gasteiger partial charge on any atom is 0.163 e. The second-order valence-corrected chi connectivity index (χ2v) is 5.11. The number of carbonyl (C=O) groups is 1. The highest BCUT2D eigenvalue weighted by Gasteiger charge is 2.32. The largest absolute Gasteiger partial charge is 0.377 e. The van der Waals surface area contributed by atoms with Crippen LogP contribution in [-0.2, 0) is 4.74 Å². The van der Waals surface area contributed by atoms with Crippen LogP contribution in [0.4, 0.5) is 5.82 Å². The first-order valence-electron chi connectivity index (χ1n) is 6.32. The van der Waals surface area contributed by atoms with E-state index in [1.165, 1.54) is 0 Å². The molecule has 2 rings (SSSR count). The predicted molar refractivity (Wildman–Crippen MR) is 71.1 cm³/mol. The van der Waals surface area contributed by atoms with E-state index in [2.05, 4.69) is 16.8 Å². The summed E-state index contributed by atoms with van der Waals surface area (Å²) in [5.74, 6) is 0.843. The average Bonchev–Trinajstić information content (AvgIpc) is 2.39. The molecule has 1 atom stereocenters. The molecule has 0 amide bonds. The third-order valence-electron chi connectivity index (χ3n) is 3.62. The van der Waals surface area contributed by atoms with Crippen LogP contribution in [0.5, 0.6) is 0 Å². The minimum Gasteiger partial charge on any atom is -0.377 e. The van der Waals surface area contributed by atoms with Crippen LogP contribution in [0.2, 0.25) is 0 Å². The highest BCUT2D eigenvalue weighted by molar-refractivity contribution is 5.98. The van der Waals surface area contributed by atoms with Crippen molar-refractivity contribution in [1.82, 2.24) is 4.98 Å². The quantitative estimate of drug-likeness (QED) is 0.770. The summed E-state index contributed by atoms with van der Waals surface area (Å²) in [7, 11) is 1.74. The molecular formula is C14H20N2O2. The summed E-state index contributed by atoms with van der Waals surface area (Å²) in [5, 5.41) is 0. The van der Waals surface area contributed by atoms with Crippen LogP contribution in [-0.4, -0.2) is 36.6 Å². The van der Waals surface area contributed by atoms with Gasteiger partial charge in [-0.1, -0.05) is 0 Å². The van der Waals surface area contributed by atoms with Crippen LogP contribution in [0.1, 0.15) is 37.0 Å². The Morgan fingerprint density at radius 3 is 3.00 bits per heavy atom. The summed E-state index contributed by atoms with van der Waals surface area (Å²) in [6.45, 7) is 5.40. The molecule has 1 aliphatic rings. The van der Waals surface area contributed by atoms with Gasteiger partial charge in [-0.3, -0.25) is 4.79 Å². The van der Waals surface area contributed by atoms with Gasteiger partial charge in [0.25, 0.3) is 0 Å². The van der Waals surface area contributed by atoms with Crippen molar-refractivity contribution < 1.29 is 9.53 Å². The number of aromatic nitrogens is 1. The molecule has 1 aromatic heterocycles. The van der Waals surface area contributed by atoms with Gasteiger partial charge in [0.2, 0.25) is 0 Å². The number of Topliss-reactive ketones (excluding diaryl/α,β-unsaturated/α-hetero) is 1. The van der Waals surface area contributed by atoms with Crippen molar-refractivity contribution in [2.45, 2.75) is 32.3 Å². The van der Waals surface area contributed by atoms with Crippen LogP contribution in [0.3, 0.4) is 0 Å². The highest BCUT2D eigenvalue weighted by Crippen LogP contribution is 2.28. The first-order chi connectivity index (χ1) is 8.56. The first-order valence-corrected chi connectivity index (χ1v) is 6.32. The zero-order chi connectivity index (χ0) is 13.2. The summed E-state index contributed by atoms with van der Waals surface area (Å²) in [5.41, 5.74) is 0.543. The minimum absolute atomic E-state index is 0.0581. The van der Waals surface area contributed by atoms with E-state index in [-0.39, 0.29) is 11.4 Å². The van der Waals surface area contributed by atoms with Gasteiger partial charge in [0.05, 0.1) is 11.2 Å². The Morgan fingerprint density at radius 2 is 2.33 bits per heavy atom. The maximum absolute atomic E-state index is 11.6. The lowest BCUT2D eigenvalue weighted by Gasteiger charge is -2.40. The van der Waals surface area contributed by atoms with E-state index in [0.717, 1.165) is 31.7 Å². The predicted octanol–water partition coefficient (Wildman–Crippen LogP) is 2.29. The van der Waals surface area contributed by atoms with Gasteiger partial charge in [0, 0.05) is 26.4 Å². The number of anilines is 1. The second kappa shape index (κ2) is 5.06. The zero-order valence-corrected chi connectivity index (χ0v) is 11.3. The maximum atomic E-state index is 11.6. The van der Waals surface area contributed by atoms with Crippen molar-refractivity contribution >= 4 is 11.6 Å². The molecular weight excluding hydrogens is 228 g/mol. The smallest absolute Gasteiger partial charge is 0.163 e. The number of ether oxygens (including phenoxy) is 1. The molecule has 4 heteroatoms. The molecule has 0 radical (unpaired) electrons. The molecule has 0 aromatic carbocycles. The molecule has 0 aliphatic carbocycles. The van der Waals surface area contributed by atoms with E-state index in [0.29, 0.717) is 5.56 Å². The number of carbonyl (C=O) groups excluding carboxylic acids is 1. The number of pyridine rings is 1. The summed E-state index contributed by atoms with van der Waals surface area (Å²) in [4.78, 5) is 18.2. The van der Waals surface area contributed by atoms with Crippen molar-refractivity contribution in [3.63, 3.8) is 0 Å². The monoisotopic (exact) mass is 248 g/mol. The molecule has 1 aromatic rings. The number of methoxy groups -OCH3 is 1. The third kappa shape index (κ3) is 2.53. The van der Waals surface area contributed by atoms with Crippen LogP contribution in [0.25, 0.3) is 0 Å². The van der Waals surface area contributed by atoms with E-state index in [4.69, 9.17) is 4.74 Å². The summed E-state index contributed by atoms with van der Waals surface area (Å²) >= 11 is 0. The number of hydrogen-bond acceptors (Lipinski definition) is 4. The van der Waals surface area contributed by atoms with Crippen molar-refractivity contribution in [3.05, 3.63) is 23.9 Å². The number of ketones is 1. The Kier molecular flexibility index (Phi) is 3.66. The Bertz CT molecular complexity index is 447. The molecule has 0 bridgehead atoms. The molecule has 4 nitrogen and oxygen atoms in total. The Hall–Kier alpha value is -1.42. The van der Waals surface area contributed by atoms with Gasteiger partial charge in [-0.25, -0.2) is 4.98 Å². The molecule has 0 N–H and O–H groups in total. The molecule has 1 aliphatic heterocycles. The summed E-state index contributed by atoms with van der Waals surface area (Å²) in [6.07, 6.45) is 3.83. The van der Waals surface area contributed by atoms with Crippen molar-refractivity contribution in [2.24, 2.45) is 0 Å². The van der Waals surface area contributed by atoms with Crippen LogP contribution >= 0.6 is 0 Å². The first kappa shape index (κ1) is 13.0. The van der Waals surface area contributed by atoms with Crippen molar-refractivity contribution in [2.75, 3.05) is 25.1 Å². The Labute approximate surface area is 108 Å². The van der Waals surface area contributed by atoms with E-state index >= 15 is 0 Å². The van der Waals surface area contributed by atoms with E-state index in [1.807, 2.05) is 6.07 Å². The van der Waals surface area contributed by atoms with Gasteiger partial charge in [-0.15, -0.1) is 0 Å². The van der Waals surface area contributed by atoms with Crippen LogP contribution < -0.4 is 4.90 Å². The fourth-order valence-corrected chi connectivity index (χ4v) is 2.48. The molecule has 1 saturated heterocycles. The number of nitrogens with zero attached hydrogens (tertiary/aromatic N) is 2. The molecule has 0 saturated carbocycles. The summed E-state index contributed by atoms with van der Waals surface area (Å²) in [6, 6.07) is 3.64. The van der Waals surface area contributed by atoms with Crippen molar-refractivity contribution in [1.29, 1.82) is 0 Å². The molecule has 1 unspecified atom stereocenters. The second-order valence-electron chi connectivity index (χ2n) is 5.11. The number of rotatable bonds is 3. The highest BCUT2D eigenvalue weighted by atomic mass is 16.5. The van der Waals surface area contributed by atoms with Gasteiger partial charge in [-0.2, -0.15) is 0 Å². The lowest BCUT2D eigenvalue weighted by molar-refractivity contribution is -0.00485. The van der Waals surface area contributed by atoms with Gasteiger partial charge >= 0.3 is 0 Å². The molecule has 18 heavy (non-hydrogen) atoms. The fourth-order valence-electron chi connectivity index (χ4n) is 2.48. The normalized spacial score (nSPS) is 24.1. The Morgan fingerprint density at radius 1 is 1.56 bits per heavy atom. The molecule has 2 heterocycles. The standard InChI is InChI=1S/C14H20N2O2/c1-11(17)12-6-4-8-15-13(12)16-9-5-7-14(2,10-16)18-3/h4,6,8H,5,7,9-10H2,1-3H3. The zero-order valence-electron chi connectivity index (χ0n) is 11.3. The van der Waals surface area contributed by atoms with E-state index < -0.39 is 0 Å². The third-order valence-corrected chi connectivity index (χ3v) is 3.62. The average molecular weight is 248 g/mol. The number of hydrogen-bond donors (Lipinski definition) is 0. The van der Waals surface area contributed by atoms with Gasteiger partial charge in [0.1, 0.15) is 5.82 Å². The molecule has 0 spiro atoms. The van der Waals surface area contributed by atoms with Crippen LogP contribution in [0.15, 0.2) is 18.3 Å². The van der Waals surface area contributed by atoms with Gasteiger partial charge in [0.15, 0.2) is 5.78 Å². The SMILES string of the molecule is COC1(C)CCCN(c2ncccc2C(C)=O)C1. The molecule has 98 valence electrons. The van der Waals surface area contributed by atoms with E-state index in [9.17, 15) is 4.79 Å². The fraction of sp³-hybridized carbons (Fsp3) is 0.571. The topological polar surface area (TPSA) is 42.4 Å². The minimum atomic E-state index is -0.149. The molecule has 1 fully saturated rings. The van der Waals surface area contributed by atoms with Crippen LogP contribution in [0, 0.1) is 0 Å². The van der Waals surface area contributed by atoms with Crippen molar-refractivity contribution in [3.8, 4) is 0 Å². The summed E-state index contributed by atoms with van der Waals surface area (Å²) < 4.78 is 5.58. The van der Waals surface area contributed by atoms with Gasteiger partial charge in [-0.05, 0) is 38.8 Å². The Balaban J connectivity index is 2.29. The number of piperidine rings is 1. The van der Waals surface area contributed by atoms with Gasteiger partial charge < -0.3 is 9.64 Å².